The van der Waals surface area contributed by atoms with E-state index in [1.165, 1.54) is 0 Å². The second-order valence-corrected chi connectivity index (χ2v) is 28.5. The van der Waals surface area contributed by atoms with Crippen molar-refractivity contribution in [1.82, 2.24) is 0 Å². The number of halogens is 16. The fourth-order valence-electron chi connectivity index (χ4n) is 4.85. The first-order valence-electron chi connectivity index (χ1n) is 11.5. The van der Waals surface area contributed by atoms with Crippen molar-refractivity contribution in [2.24, 2.45) is 0 Å². The van der Waals surface area contributed by atoms with Crippen molar-refractivity contribution in [2.75, 3.05) is 0 Å². The molecule has 2 aliphatic rings. The van der Waals surface area contributed by atoms with E-state index in [0.717, 1.165) is 49.5 Å². The van der Waals surface area contributed by atoms with Gasteiger partial charge in [-0.1, -0.05) is 0 Å². The molecule has 0 amide bonds. The molecule has 0 aliphatic carbocycles. The average Bonchev–Trinajstić information content (AvgIpc) is 3.16. The van der Waals surface area contributed by atoms with Crippen molar-refractivity contribution in [1.29, 1.82) is 0 Å². The van der Waals surface area contributed by atoms with E-state index < -0.39 is 86.0 Å². The zero-order chi connectivity index (χ0) is 31.3. The Morgan fingerprint density at radius 3 is 1.21 bits per heavy atom. The molecular weight excluding hydrogens is 811 g/mol. The number of alkyl halides is 16. The molecule has 39 heavy (non-hydrogen) atoms. The summed E-state index contributed by atoms with van der Waals surface area (Å²) in [6, 6.07) is 0. The van der Waals surface area contributed by atoms with Gasteiger partial charge in [-0.25, -0.2) is 0 Å². The monoisotopic (exact) mass is 846 g/mol. The maximum atomic E-state index is 14.8. The molecule has 0 aromatic heterocycles. The Morgan fingerprint density at radius 1 is 0.513 bits per heavy atom. The Kier molecular flexibility index (Phi) is 11.1. The molecule has 0 aromatic carbocycles. The summed E-state index contributed by atoms with van der Waals surface area (Å²) in [5.74, 6) is -30.3. The Balaban J connectivity index is 0.000000633. The van der Waals surface area contributed by atoms with E-state index in [2.05, 4.69) is 0 Å². The van der Waals surface area contributed by atoms with Crippen molar-refractivity contribution in [2.45, 2.75) is 120 Å². The van der Waals surface area contributed by atoms with Gasteiger partial charge in [0.2, 0.25) is 0 Å². The summed E-state index contributed by atoms with van der Waals surface area (Å²) in [4.78, 5) is 0. The van der Waals surface area contributed by atoms with Gasteiger partial charge in [0.05, 0.1) is 0 Å². The van der Waals surface area contributed by atoms with Crippen LogP contribution in [0.2, 0.25) is 20.3 Å². The molecule has 0 aromatic rings. The van der Waals surface area contributed by atoms with Gasteiger partial charge in [-0.15, -0.1) is 0 Å². The predicted octanol–water partition coefficient (Wildman–Crippen LogP) is 9.81. The van der Waals surface area contributed by atoms with E-state index >= 15 is 0 Å². The average molecular weight is 842 g/mol. The molecule has 0 radical (unpaired) electrons. The Hall–Kier alpha value is 0.459. The SMILES string of the molecule is CC1(C)CCCC(C)(C)[TeH]1C(F)(F)C(F)(F)C(F)(F)C(F)(F)C(F)(F)C(F)(F)F.FC(F)(F)C[TeH]1CCCC1. The number of hydrogen-bond donors (Lipinski definition) is 0. The Labute approximate surface area is 228 Å². The third-order valence-corrected chi connectivity index (χ3v) is 24.9. The van der Waals surface area contributed by atoms with Crippen molar-refractivity contribution in [3.63, 3.8) is 0 Å². The zero-order valence-corrected chi connectivity index (χ0v) is 26.2. The number of rotatable bonds is 6. The molecule has 2 heterocycles. The summed E-state index contributed by atoms with van der Waals surface area (Å²) in [6.07, 6.45) is -9.13. The van der Waals surface area contributed by atoms with Crippen molar-refractivity contribution >= 4 is 39.1 Å². The molecule has 18 heteroatoms. The summed E-state index contributed by atoms with van der Waals surface area (Å²) in [5.41, 5.74) is 0. The predicted molar refractivity (Wildman–Crippen MR) is 117 cm³/mol. The molecule has 0 N–H and O–H groups in total. The van der Waals surface area contributed by atoms with Gasteiger partial charge >= 0.3 is 229 Å². The molecule has 0 spiro atoms. The van der Waals surface area contributed by atoms with Crippen molar-refractivity contribution < 1.29 is 70.2 Å². The Bertz CT molecular complexity index is 807. The van der Waals surface area contributed by atoms with E-state index in [0.29, 0.717) is 0 Å². The minimum atomic E-state index is -7.82. The fraction of sp³-hybridized carbons (Fsp3) is 1.00. The van der Waals surface area contributed by atoms with Crippen LogP contribution in [0, 0.1) is 0 Å². The van der Waals surface area contributed by atoms with Gasteiger partial charge in [0, 0.05) is 0 Å². The molecule has 0 bridgehead atoms. The fourth-order valence-corrected chi connectivity index (χ4v) is 24.1. The normalized spacial score (nSPS) is 23.4. The van der Waals surface area contributed by atoms with Crippen LogP contribution in [0.25, 0.3) is 0 Å². The Morgan fingerprint density at radius 2 is 0.872 bits per heavy atom. The minimum absolute atomic E-state index is 0.133. The van der Waals surface area contributed by atoms with Crippen molar-refractivity contribution in [3.8, 4) is 0 Å². The van der Waals surface area contributed by atoms with Crippen LogP contribution in [0.5, 0.6) is 0 Å². The second-order valence-electron chi connectivity index (χ2n) is 10.7. The van der Waals surface area contributed by atoms with E-state index in [1.807, 2.05) is 0 Å². The van der Waals surface area contributed by atoms with Crippen LogP contribution >= 0.6 is 0 Å². The first-order valence-corrected chi connectivity index (χ1v) is 20.7. The molecule has 2 saturated heterocycles. The molecule has 0 unspecified atom stereocenters. The van der Waals surface area contributed by atoms with Gasteiger partial charge in [-0.3, -0.25) is 0 Å². The standard InChI is InChI=1S/C15H19F13Te.C6H11F3Te/c1-8(2)6-5-7-9(3,4)29(8)15(27,28)13(22,23)11(18,19)10(16,17)12(20,21)14(24,25)26;7-6(8,9)5-10-3-1-2-4-10/h29H,5-7H2,1-4H3;10H,1-5H2. The molecule has 2 aliphatic heterocycles. The van der Waals surface area contributed by atoms with Gasteiger partial charge in [0.25, 0.3) is 0 Å². The van der Waals surface area contributed by atoms with Crippen LogP contribution in [0.3, 0.4) is 0 Å². The first-order chi connectivity index (χ1) is 16.9. The molecule has 2 fully saturated rings. The summed E-state index contributed by atoms with van der Waals surface area (Å²) in [7, 11) is 0. The van der Waals surface area contributed by atoms with Gasteiger partial charge < -0.3 is 0 Å². The molecule has 0 nitrogen and oxygen atoms in total. The topological polar surface area (TPSA) is 0 Å². The van der Waals surface area contributed by atoms with Gasteiger partial charge in [-0.05, 0) is 0 Å². The van der Waals surface area contributed by atoms with Crippen molar-refractivity contribution in [3.05, 3.63) is 0 Å². The number of hydrogen-bond acceptors (Lipinski definition) is 0. The molecule has 2 rings (SSSR count). The summed E-state index contributed by atoms with van der Waals surface area (Å²) in [6.45, 7) is 4.23. The van der Waals surface area contributed by atoms with Gasteiger partial charge in [0.1, 0.15) is 0 Å². The second kappa shape index (κ2) is 11.5. The third kappa shape index (κ3) is 7.34. The van der Waals surface area contributed by atoms with Crippen LogP contribution in [-0.4, -0.2) is 79.1 Å². The van der Waals surface area contributed by atoms with E-state index in [-0.39, 0.29) is 23.7 Å². The molecular formula is C21H30F16Te2. The van der Waals surface area contributed by atoms with E-state index in [1.54, 1.807) is 0 Å². The molecule has 238 valence electrons. The molecule has 0 saturated carbocycles. The maximum absolute atomic E-state index is 14.8. The van der Waals surface area contributed by atoms with Crippen LogP contribution < -0.4 is 0 Å². The van der Waals surface area contributed by atoms with Crippen LogP contribution in [0.15, 0.2) is 0 Å². The zero-order valence-electron chi connectivity index (χ0n) is 21.1. The van der Waals surface area contributed by atoms with E-state index in [9.17, 15) is 70.2 Å². The van der Waals surface area contributed by atoms with Gasteiger partial charge in [0.15, 0.2) is 0 Å². The quantitative estimate of drug-likeness (QED) is 0.185. The summed E-state index contributed by atoms with van der Waals surface area (Å²) < 4.78 is 203. The molecule has 0 atom stereocenters. The van der Waals surface area contributed by atoms with Crippen LogP contribution in [-0.2, 0) is 0 Å². The third-order valence-electron chi connectivity index (χ3n) is 6.59. The van der Waals surface area contributed by atoms with Crippen LogP contribution in [0.1, 0.15) is 59.8 Å². The summed E-state index contributed by atoms with van der Waals surface area (Å²) >= 11 is -6.89. The van der Waals surface area contributed by atoms with Gasteiger partial charge in [-0.2, -0.15) is 0 Å². The summed E-state index contributed by atoms with van der Waals surface area (Å²) in [5, 5.41) is 0. The first kappa shape index (κ1) is 37.5. The van der Waals surface area contributed by atoms with Crippen LogP contribution in [0.4, 0.5) is 70.2 Å². The van der Waals surface area contributed by atoms with E-state index in [4.69, 9.17) is 0 Å².